The van der Waals surface area contributed by atoms with Crippen LogP contribution >= 0.6 is 0 Å². The molecular weight excluding hydrogens is 266 g/mol. The second-order valence-electron chi connectivity index (χ2n) is 4.68. The summed E-state index contributed by atoms with van der Waals surface area (Å²) < 4.78 is 0. The summed E-state index contributed by atoms with van der Waals surface area (Å²) in [4.78, 5) is 23.0. The Hall–Kier alpha value is -2.80. The molecule has 0 bridgehead atoms. The van der Waals surface area contributed by atoms with Crippen LogP contribution in [-0.2, 0) is 16.0 Å². The molecule has 0 aromatic heterocycles. The molecule has 0 fully saturated rings. The molecule has 0 radical (unpaired) electrons. The van der Waals surface area contributed by atoms with Gasteiger partial charge in [-0.1, -0.05) is 42.5 Å². The van der Waals surface area contributed by atoms with Crippen molar-refractivity contribution in [3.8, 4) is 12.3 Å². The van der Waals surface area contributed by atoms with Gasteiger partial charge in [0.05, 0.1) is 6.42 Å². The van der Waals surface area contributed by atoms with Crippen LogP contribution in [0.4, 0.5) is 0 Å². The first-order valence-corrected chi connectivity index (χ1v) is 6.54. The Bertz CT molecular complexity index is 710. The van der Waals surface area contributed by atoms with Crippen molar-refractivity contribution >= 4 is 22.6 Å². The summed E-state index contributed by atoms with van der Waals surface area (Å²) in [6.45, 7) is 0. The molecule has 0 saturated heterocycles. The first kappa shape index (κ1) is 14.6. The summed E-state index contributed by atoms with van der Waals surface area (Å²) in [5.74, 6) is 0.774. The van der Waals surface area contributed by atoms with E-state index < -0.39 is 12.0 Å². The fraction of sp³-hybridized carbons (Fsp3) is 0.176. The normalized spacial score (nSPS) is 11.6. The number of amides is 1. The Morgan fingerprint density at radius 2 is 1.90 bits per heavy atom. The number of aliphatic carboxylic acids is 1. The number of hydrogen-bond donors (Lipinski definition) is 2. The van der Waals surface area contributed by atoms with E-state index in [1.807, 2.05) is 42.5 Å². The minimum absolute atomic E-state index is 0.0311. The third kappa shape index (κ3) is 3.61. The summed E-state index contributed by atoms with van der Waals surface area (Å²) in [7, 11) is 0. The highest BCUT2D eigenvalue weighted by Gasteiger charge is 2.19. The Labute approximate surface area is 122 Å². The van der Waals surface area contributed by atoms with Crippen LogP contribution < -0.4 is 5.32 Å². The summed E-state index contributed by atoms with van der Waals surface area (Å²) in [5, 5.41) is 13.5. The minimum atomic E-state index is -1.13. The Balaban J connectivity index is 2.15. The molecular formula is C17H15NO3. The highest BCUT2D eigenvalue weighted by atomic mass is 16.4. The quantitative estimate of drug-likeness (QED) is 0.823. The lowest BCUT2D eigenvalue weighted by atomic mass is 10.0. The molecule has 0 aliphatic carbocycles. The van der Waals surface area contributed by atoms with E-state index in [4.69, 9.17) is 11.5 Å². The van der Waals surface area contributed by atoms with Gasteiger partial charge in [-0.05, 0) is 16.3 Å². The Kier molecular flexibility index (Phi) is 4.57. The maximum atomic E-state index is 12.0. The summed E-state index contributed by atoms with van der Waals surface area (Å²) in [6, 6.07) is 12.4. The predicted molar refractivity (Wildman–Crippen MR) is 80.7 cm³/mol. The molecule has 1 amide bonds. The van der Waals surface area contributed by atoms with Crippen molar-refractivity contribution < 1.29 is 14.7 Å². The molecule has 0 aliphatic rings. The van der Waals surface area contributed by atoms with E-state index in [-0.39, 0.29) is 18.7 Å². The minimum Gasteiger partial charge on any atom is -0.480 e. The van der Waals surface area contributed by atoms with E-state index in [1.54, 1.807) is 0 Å². The zero-order valence-electron chi connectivity index (χ0n) is 11.4. The van der Waals surface area contributed by atoms with Gasteiger partial charge in [0.1, 0.15) is 6.04 Å². The molecule has 0 heterocycles. The van der Waals surface area contributed by atoms with E-state index in [9.17, 15) is 9.59 Å². The summed E-state index contributed by atoms with van der Waals surface area (Å²) >= 11 is 0. The maximum Gasteiger partial charge on any atom is 0.327 e. The topological polar surface area (TPSA) is 66.4 Å². The van der Waals surface area contributed by atoms with Crippen molar-refractivity contribution in [2.75, 3.05) is 0 Å². The zero-order chi connectivity index (χ0) is 15.2. The van der Waals surface area contributed by atoms with E-state index >= 15 is 0 Å². The standard InChI is InChI=1S/C17H15NO3/c1-2-6-15(17(20)21)18-16(19)11-13-9-5-8-12-7-3-4-10-14(12)13/h1,3-5,7-10,15H,6,11H2,(H,18,19)(H,20,21). The molecule has 2 aromatic carbocycles. The average molecular weight is 281 g/mol. The van der Waals surface area contributed by atoms with E-state index in [2.05, 4.69) is 11.2 Å². The Morgan fingerprint density at radius 3 is 2.62 bits per heavy atom. The molecule has 0 saturated carbocycles. The number of carboxylic acids is 1. The van der Waals surface area contributed by atoms with Gasteiger partial charge in [-0.2, -0.15) is 0 Å². The third-order valence-corrected chi connectivity index (χ3v) is 3.19. The van der Waals surface area contributed by atoms with Crippen LogP contribution in [0.2, 0.25) is 0 Å². The average Bonchev–Trinajstić information content (AvgIpc) is 2.47. The molecule has 4 nitrogen and oxygen atoms in total. The number of carboxylic acid groups (broad SMARTS) is 1. The second-order valence-corrected chi connectivity index (χ2v) is 4.68. The fourth-order valence-electron chi connectivity index (χ4n) is 2.18. The molecule has 1 atom stereocenters. The van der Waals surface area contributed by atoms with Gasteiger partial charge < -0.3 is 10.4 Å². The monoisotopic (exact) mass is 281 g/mol. The number of nitrogens with one attached hydrogen (secondary N) is 1. The first-order chi connectivity index (χ1) is 10.1. The van der Waals surface area contributed by atoms with Crippen molar-refractivity contribution in [3.05, 3.63) is 48.0 Å². The molecule has 1 unspecified atom stereocenters. The number of terminal acetylenes is 1. The van der Waals surface area contributed by atoms with Gasteiger partial charge in [0.2, 0.25) is 5.91 Å². The van der Waals surface area contributed by atoms with E-state index in [0.717, 1.165) is 16.3 Å². The van der Waals surface area contributed by atoms with Crippen molar-refractivity contribution in [1.29, 1.82) is 0 Å². The number of carbonyl (C=O) groups excluding carboxylic acids is 1. The molecule has 0 aliphatic heterocycles. The van der Waals surface area contributed by atoms with Crippen molar-refractivity contribution in [2.24, 2.45) is 0 Å². The maximum absolute atomic E-state index is 12.0. The molecule has 2 rings (SSSR count). The lowest BCUT2D eigenvalue weighted by molar-refractivity contribution is -0.141. The van der Waals surface area contributed by atoms with Gasteiger partial charge in [-0.15, -0.1) is 12.3 Å². The van der Waals surface area contributed by atoms with Crippen LogP contribution in [0.15, 0.2) is 42.5 Å². The third-order valence-electron chi connectivity index (χ3n) is 3.19. The molecule has 21 heavy (non-hydrogen) atoms. The lowest BCUT2D eigenvalue weighted by Crippen LogP contribution is -2.41. The van der Waals surface area contributed by atoms with Gasteiger partial charge >= 0.3 is 5.97 Å². The SMILES string of the molecule is C#CCC(NC(=O)Cc1cccc2ccccc12)C(=O)O. The summed E-state index contributed by atoms with van der Waals surface area (Å²) in [5.41, 5.74) is 0.857. The number of hydrogen-bond acceptors (Lipinski definition) is 2. The van der Waals surface area contributed by atoms with Crippen molar-refractivity contribution in [3.63, 3.8) is 0 Å². The zero-order valence-corrected chi connectivity index (χ0v) is 11.4. The van der Waals surface area contributed by atoms with Crippen LogP contribution in [0.1, 0.15) is 12.0 Å². The van der Waals surface area contributed by atoms with Crippen LogP contribution in [0.5, 0.6) is 0 Å². The van der Waals surface area contributed by atoms with Gasteiger partial charge in [0, 0.05) is 6.42 Å². The fourth-order valence-corrected chi connectivity index (χ4v) is 2.18. The van der Waals surface area contributed by atoms with Gasteiger partial charge in [-0.25, -0.2) is 4.79 Å². The second kappa shape index (κ2) is 6.58. The molecule has 106 valence electrons. The number of benzene rings is 2. The number of carbonyl (C=O) groups is 2. The van der Waals surface area contributed by atoms with E-state index in [1.165, 1.54) is 0 Å². The molecule has 4 heteroatoms. The Morgan fingerprint density at radius 1 is 1.19 bits per heavy atom. The molecule has 0 spiro atoms. The predicted octanol–water partition coefficient (Wildman–Crippen LogP) is 1.97. The number of fused-ring (bicyclic) bond motifs is 1. The highest BCUT2D eigenvalue weighted by Crippen LogP contribution is 2.18. The van der Waals surface area contributed by atoms with Crippen LogP contribution in [-0.4, -0.2) is 23.0 Å². The van der Waals surface area contributed by atoms with Crippen molar-refractivity contribution in [1.82, 2.24) is 5.32 Å². The lowest BCUT2D eigenvalue weighted by Gasteiger charge is -2.12. The highest BCUT2D eigenvalue weighted by molar-refractivity contribution is 5.91. The molecule has 2 N–H and O–H groups in total. The number of rotatable bonds is 5. The van der Waals surface area contributed by atoms with Crippen LogP contribution in [0, 0.1) is 12.3 Å². The molecule has 2 aromatic rings. The smallest absolute Gasteiger partial charge is 0.327 e. The first-order valence-electron chi connectivity index (χ1n) is 6.54. The summed E-state index contributed by atoms with van der Waals surface area (Å²) in [6.07, 6.45) is 5.19. The van der Waals surface area contributed by atoms with Crippen LogP contribution in [0.3, 0.4) is 0 Å². The van der Waals surface area contributed by atoms with Gasteiger partial charge in [-0.3, -0.25) is 4.79 Å². The van der Waals surface area contributed by atoms with Gasteiger partial charge in [0.15, 0.2) is 0 Å². The van der Waals surface area contributed by atoms with Gasteiger partial charge in [0.25, 0.3) is 0 Å². The van der Waals surface area contributed by atoms with Crippen molar-refractivity contribution in [2.45, 2.75) is 18.9 Å². The van der Waals surface area contributed by atoms with E-state index in [0.29, 0.717) is 0 Å². The van der Waals surface area contributed by atoms with Crippen LogP contribution in [0.25, 0.3) is 10.8 Å². The largest absolute Gasteiger partial charge is 0.480 e.